The second-order valence-corrected chi connectivity index (χ2v) is 6.75. The average molecular weight is 459 g/mol. The van der Waals surface area contributed by atoms with Crippen molar-refractivity contribution in [2.75, 3.05) is 13.2 Å². The number of carboxylic acid groups (broad SMARTS) is 1. The van der Waals surface area contributed by atoms with Crippen LogP contribution in [-0.4, -0.2) is 82.8 Å². The summed E-state index contributed by atoms with van der Waals surface area (Å²) in [6.07, 6.45) is -0.170. The van der Waals surface area contributed by atoms with Crippen LogP contribution in [0.5, 0.6) is 0 Å². The number of nitrogens with two attached hydrogens (primary N) is 2. The fraction of sp³-hybridized carbons (Fsp3) is 0.588. The molecule has 11 N–H and O–H groups in total. The van der Waals surface area contributed by atoms with Crippen LogP contribution < -0.4 is 32.7 Å². The van der Waals surface area contributed by atoms with Gasteiger partial charge in [0, 0.05) is 13.3 Å². The quantitative estimate of drug-likeness (QED) is 0.0844. The summed E-state index contributed by atoms with van der Waals surface area (Å²) in [5.41, 5.74) is 10.2. The van der Waals surface area contributed by atoms with Crippen LogP contribution in [0, 0.1) is 5.41 Å². The van der Waals surface area contributed by atoms with Gasteiger partial charge < -0.3 is 42.9 Å². The van der Waals surface area contributed by atoms with E-state index in [-0.39, 0.29) is 18.7 Å². The Morgan fingerprint density at radius 1 is 0.938 bits per heavy atom. The number of aliphatic carboxylic acids is 1. The molecule has 0 fully saturated rings. The number of hydrogen-bond donors (Lipinski definition) is 9. The molecule has 0 aromatic carbocycles. The highest BCUT2D eigenvalue weighted by atomic mass is 16.4. The van der Waals surface area contributed by atoms with Gasteiger partial charge in [0.2, 0.25) is 29.5 Å². The number of aliphatic hydroxyl groups is 1. The monoisotopic (exact) mass is 459 g/mol. The van der Waals surface area contributed by atoms with E-state index in [1.807, 2.05) is 5.32 Å². The lowest BCUT2D eigenvalue weighted by molar-refractivity contribution is -0.141. The molecule has 0 aromatic heterocycles. The van der Waals surface area contributed by atoms with E-state index in [2.05, 4.69) is 16.0 Å². The Bertz CT molecular complexity index is 742. The van der Waals surface area contributed by atoms with Gasteiger partial charge in [-0.15, -0.1) is 0 Å². The third kappa shape index (κ3) is 12.1. The van der Waals surface area contributed by atoms with Gasteiger partial charge in [-0.3, -0.25) is 34.2 Å². The third-order valence-corrected chi connectivity index (χ3v) is 3.93. The van der Waals surface area contributed by atoms with E-state index < -0.39 is 73.2 Å². The standard InChI is InChI=1S/C17H29N7O8/c1-8(26)22-9(3-2-4-12(18)19)16(31)21-6-13(27)23-10(5-14(28)29)17(32)24-11(7-25)15(20)30/h9-11,25H,2-7H2,1H3,(H3,18,19)(H2,20,30)(H,21,31)(H,22,26)(H,23,27)(H,24,32)(H,28,29)/t9-,10-,11-/m0/s1. The summed E-state index contributed by atoms with van der Waals surface area (Å²) in [4.78, 5) is 69.9. The number of carbonyl (C=O) groups is 6. The second-order valence-electron chi connectivity index (χ2n) is 6.75. The minimum absolute atomic E-state index is 0.0890. The maximum atomic E-state index is 12.3. The molecular weight excluding hydrogens is 430 g/mol. The van der Waals surface area contributed by atoms with Crippen LogP contribution >= 0.6 is 0 Å². The Morgan fingerprint density at radius 3 is 2.03 bits per heavy atom. The first-order chi connectivity index (χ1) is 14.9. The van der Waals surface area contributed by atoms with Gasteiger partial charge in [0.05, 0.1) is 25.4 Å². The SMILES string of the molecule is CC(=O)N[C@@H](CCCC(=N)N)C(=O)NCC(=O)N[C@@H](CC(=O)O)C(=O)N[C@@H](CO)C(N)=O. The zero-order valence-corrected chi connectivity index (χ0v) is 17.5. The number of rotatable bonds is 15. The van der Waals surface area contributed by atoms with Crippen LogP contribution in [0.15, 0.2) is 0 Å². The van der Waals surface area contributed by atoms with E-state index in [0.29, 0.717) is 6.42 Å². The molecule has 15 heteroatoms. The predicted molar refractivity (Wildman–Crippen MR) is 109 cm³/mol. The van der Waals surface area contributed by atoms with Gasteiger partial charge in [-0.1, -0.05) is 0 Å². The number of amides is 5. The topological polar surface area (TPSA) is 267 Å². The van der Waals surface area contributed by atoms with Gasteiger partial charge in [0.25, 0.3) is 0 Å². The van der Waals surface area contributed by atoms with Crippen LogP contribution in [-0.2, 0) is 28.8 Å². The highest BCUT2D eigenvalue weighted by Crippen LogP contribution is 2.02. The van der Waals surface area contributed by atoms with Crippen molar-refractivity contribution >= 4 is 41.3 Å². The minimum atomic E-state index is -1.62. The molecule has 0 bridgehead atoms. The molecule has 0 spiro atoms. The third-order valence-electron chi connectivity index (χ3n) is 3.93. The molecular formula is C17H29N7O8. The molecule has 0 rings (SSSR count). The molecule has 0 unspecified atom stereocenters. The summed E-state index contributed by atoms with van der Waals surface area (Å²) in [5.74, 6) is -5.81. The highest BCUT2D eigenvalue weighted by molar-refractivity contribution is 5.95. The smallest absolute Gasteiger partial charge is 0.305 e. The van der Waals surface area contributed by atoms with Gasteiger partial charge in [-0.05, 0) is 12.8 Å². The summed E-state index contributed by atoms with van der Waals surface area (Å²) in [5, 5.41) is 33.9. The average Bonchev–Trinajstić information content (AvgIpc) is 2.67. The fourth-order valence-electron chi connectivity index (χ4n) is 2.41. The molecule has 0 aromatic rings. The maximum Gasteiger partial charge on any atom is 0.305 e. The van der Waals surface area contributed by atoms with E-state index in [1.54, 1.807) is 0 Å². The molecule has 15 nitrogen and oxygen atoms in total. The van der Waals surface area contributed by atoms with E-state index in [1.165, 1.54) is 6.92 Å². The van der Waals surface area contributed by atoms with Crippen molar-refractivity contribution < 1.29 is 39.0 Å². The maximum absolute atomic E-state index is 12.3. The number of hydrogen-bond acceptors (Lipinski definition) is 8. The Morgan fingerprint density at radius 2 is 1.56 bits per heavy atom. The Kier molecular flexibility index (Phi) is 12.6. The number of primary amides is 1. The molecule has 0 aliphatic carbocycles. The number of aliphatic hydroxyl groups excluding tert-OH is 1. The summed E-state index contributed by atoms with van der Waals surface area (Å²) >= 11 is 0. The summed E-state index contributed by atoms with van der Waals surface area (Å²) in [6.45, 7) is -0.290. The molecule has 0 saturated carbocycles. The van der Waals surface area contributed by atoms with Crippen molar-refractivity contribution in [2.24, 2.45) is 11.5 Å². The molecule has 0 heterocycles. The fourth-order valence-corrected chi connectivity index (χ4v) is 2.41. The van der Waals surface area contributed by atoms with Crippen LogP contribution in [0.2, 0.25) is 0 Å². The number of carboxylic acids is 1. The van der Waals surface area contributed by atoms with Gasteiger partial charge in [0.15, 0.2) is 0 Å². The lowest BCUT2D eigenvalue weighted by atomic mass is 10.1. The lowest BCUT2D eigenvalue weighted by Crippen LogP contribution is -2.56. The Balaban J connectivity index is 4.97. The lowest BCUT2D eigenvalue weighted by Gasteiger charge is -2.20. The van der Waals surface area contributed by atoms with Crippen molar-refractivity contribution in [3.63, 3.8) is 0 Å². The summed E-state index contributed by atoms with van der Waals surface area (Å²) in [6, 6.07) is -4.10. The highest BCUT2D eigenvalue weighted by Gasteiger charge is 2.28. The van der Waals surface area contributed by atoms with Gasteiger partial charge in [-0.2, -0.15) is 0 Å². The van der Waals surface area contributed by atoms with E-state index >= 15 is 0 Å². The molecule has 0 radical (unpaired) electrons. The molecule has 0 saturated heterocycles. The first-order valence-corrected chi connectivity index (χ1v) is 9.46. The van der Waals surface area contributed by atoms with Crippen molar-refractivity contribution in [2.45, 2.75) is 50.7 Å². The van der Waals surface area contributed by atoms with Crippen LogP contribution in [0.4, 0.5) is 0 Å². The molecule has 3 atom stereocenters. The molecule has 0 aliphatic heterocycles. The van der Waals surface area contributed by atoms with E-state index in [9.17, 15) is 28.8 Å². The van der Waals surface area contributed by atoms with E-state index in [4.69, 9.17) is 27.1 Å². The normalized spacial score (nSPS) is 13.1. The van der Waals surface area contributed by atoms with Crippen molar-refractivity contribution in [3.8, 4) is 0 Å². The number of carbonyl (C=O) groups excluding carboxylic acids is 5. The molecule has 180 valence electrons. The Hall–Kier alpha value is -3.75. The summed E-state index contributed by atoms with van der Waals surface area (Å²) < 4.78 is 0. The zero-order chi connectivity index (χ0) is 24.8. The van der Waals surface area contributed by atoms with Gasteiger partial charge >= 0.3 is 5.97 Å². The molecule has 5 amide bonds. The number of amidine groups is 1. The van der Waals surface area contributed by atoms with Crippen LogP contribution in [0.25, 0.3) is 0 Å². The zero-order valence-electron chi connectivity index (χ0n) is 17.5. The first-order valence-electron chi connectivity index (χ1n) is 9.46. The van der Waals surface area contributed by atoms with Crippen molar-refractivity contribution in [3.05, 3.63) is 0 Å². The largest absolute Gasteiger partial charge is 0.481 e. The van der Waals surface area contributed by atoms with E-state index in [0.717, 1.165) is 0 Å². The van der Waals surface area contributed by atoms with Gasteiger partial charge in [-0.25, -0.2) is 0 Å². The first kappa shape index (κ1) is 28.2. The van der Waals surface area contributed by atoms with Crippen LogP contribution in [0.3, 0.4) is 0 Å². The summed E-state index contributed by atoms with van der Waals surface area (Å²) in [7, 11) is 0. The molecule has 0 aliphatic rings. The van der Waals surface area contributed by atoms with Crippen LogP contribution in [0.1, 0.15) is 32.6 Å². The van der Waals surface area contributed by atoms with Crippen molar-refractivity contribution in [1.29, 1.82) is 5.41 Å². The second kappa shape index (κ2) is 14.3. The predicted octanol–water partition coefficient (Wildman–Crippen LogP) is -4.36. The van der Waals surface area contributed by atoms with Gasteiger partial charge in [0.1, 0.15) is 18.1 Å². The number of nitrogens with one attached hydrogen (secondary N) is 5. The molecule has 32 heavy (non-hydrogen) atoms. The minimum Gasteiger partial charge on any atom is -0.481 e. The van der Waals surface area contributed by atoms with Crippen molar-refractivity contribution in [1.82, 2.24) is 21.3 Å². The Labute approximate surface area is 183 Å².